The average molecular weight is 329 g/mol. The number of nitrogens with zero attached hydrogens (tertiary/aromatic N) is 2. The fourth-order valence-corrected chi connectivity index (χ4v) is 2.91. The molecule has 3 rings (SSSR count). The Labute approximate surface area is 140 Å². The fourth-order valence-electron chi connectivity index (χ4n) is 2.65. The largest absolute Gasteiger partial charge is 0.478 e. The first-order valence-corrected chi connectivity index (χ1v) is 7.93. The van der Waals surface area contributed by atoms with Crippen LogP contribution in [0.5, 0.6) is 0 Å². The molecule has 0 amide bonds. The predicted molar refractivity (Wildman–Crippen MR) is 93.6 cm³/mol. The third-order valence-corrected chi connectivity index (χ3v) is 4.22. The minimum absolute atomic E-state index is 0.0839. The topological polar surface area (TPSA) is 52.9 Å². The molecule has 0 radical (unpaired) electrons. The Morgan fingerprint density at radius 3 is 2.43 bits per heavy atom. The highest BCUT2D eigenvalue weighted by atomic mass is 35.5. The van der Waals surface area contributed by atoms with Crippen molar-refractivity contribution < 1.29 is 9.90 Å². The standard InChI is InChI=1S/C18H17ClN2O2/c19-17-11-14(5-8-16(17)18(22)23)20-12-13-3-6-15(7-4-13)21-9-1-2-10-21/h3-8,11-12H,1-2,9-10H2,(H,22,23). The summed E-state index contributed by atoms with van der Waals surface area (Å²) in [5.41, 5.74) is 2.95. The van der Waals surface area contributed by atoms with Gasteiger partial charge in [0.2, 0.25) is 0 Å². The van der Waals surface area contributed by atoms with Gasteiger partial charge in [-0.25, -0.2) is 4.79 Å². The number of benzene rings is 2. The highest BCUT2D eigenvalue weighted by Gasteiger charge is 2.11. The number of carbonyl (C=O) groups is 1. The van der Waals surface area contributed by atoms with Crippen molar-refractivity contribution in [3.63, 3.8) is 0 Å². The molecule has 1 saturated heterocycles. The minimum Gasteiger partial charge on any atom is -0.478 e. The molecule has 0 spiro atoms. The first-order valence-electron chi connectivity index (χ1n) is 7.55. The lowest BCUT2D eigenvalue weighted by Crippen LogP contribution is -2.17. The number of anilines is 1. The van der Waals surface area contributed by atoms with Gasteiger partial charge in [-0.05, 0) is 48.7 Å². The summed E-state index contributed by atoms with van der Waals surface area (Å²) in [4.78, 5) is 17.7. The van der Waals surface area contributed by atoms with Gasteiger partial charge in [-0.3, -0.25) is 4.99 Å². The lowest BCUT2D eigenvalue weighted by Gasteiger charge is -2.17. The molecule has 2 aromatic carbocycles. The van der Waals surface area contributed by atoms with Crippen LogP contribution in [0.2, 0.25) is 5.02 Å². The van der Waals surface area contributed by atoms with Crippen molar-refractivity contribution in [2.75, 3.05) is 18.0 Å². The van der Waals surface area contributed by atoms with Gasteiger partial charge in [0.1, 0.15) is 0 Å². The molecule has 1 fully saturated rings. The molecule has 5 heteroatoms. The van der Waals surface area contributed by atoms with E-state index >= 15 is 0 Å². The fraction of sp³-hybridized carbons (Fsp3) is 0.222. The van der Waals surface area contributed by atoms with Gasteiger partial charge >= 0.3 is 5.97 Å². The van der Waals surface area contributed by atoms with Gasteiger partial charge in [-0.15, -0.1) is 0 Å². The second-order valence-electron chi connectivity index (χ2n) is 5.51. The van der Waals surface area contributed by atoms with Crippen LogP contribution in [0.15, 0.2) is 47.5 Å². The van der Waals surface area contributed by atoms with Crippen LogP contribution in [-0.4, -0.2) is 30.4 Å². The molecule has 118 valence electrons. The van der Waals surface area contributed by atoms with E-state index in [2.05, 4.69) is 22.0 Å². The zero-order chi connectivity index (χ0) is 16.2. The van der Waals surface area contributed by atoms with E-state index in [1.165, 1.54) is 24.6 Å². The van der Waals surface area contributed by atoms with E-state index in [0.717, 1.165) is 18.7 Å². The summed E-state index contributed by atoms with van der Waals surface area (Å²) in [6, 6.07) is 12.9. The van der Waals surface area contributed by atoms with Crippen LogP contribution < -0.4 is 4.90 Å². The Morgan fingerprint density at radius 1 is 1.13 bits per heavy atom. The molecule has 1 heterocycles. The monoisotopic (exact) mass is 328 g/mol. The number of halogens is 1. The number of hydrogen-bond donors (Lipinski definition) is 1. The molecule has 1 N–H and O–H groups in total. The van der Waals surface area contributed by atoms with Crippen LogP contribution in [0.4, 0.5) is 11.4 Å². The first-order chi connectivity index (χ1) is 11.1. The molecule has 1 aliphatic heterocycles. The molecular formula is C18H17ClN2O2. The minimum atomic E-state index is -1.04. The SMILES string of the molecule is O=C(O)c1ccc(N=Cc2ccc(N3CCCC3)cc2)cc1Cl. The third-order valence-electron chi connectivity index (χ3n) is 3.91. The summed E-state index contributed by atoms with van der Waals surface area (Å²) in [7, 11) is 0. The van der Waals surface area contributed by atoms with Crippen molar-refractivity contribution in [1.29, 1.82) is 0 Å². The van der Waals surface area contributed by atoms with E-state index in [0.29, 0.717) is 5.69 Å². The lowest BCUT2D eigenvalue weighted by atomic mass is 10.2. The van der Waals surface area contributed by atoms with E-state index in [4.69, 9.17) is 16.7 Å². The smallest absolute Gasteiger partial charge is 0.337 e. The van der Waals surface area contributed by atoms with Gasteiger partial charge in [0.05, 0.1) is 16.3 Å². The van der Waals surface area contributed by atoms with Crippen LogP contribution in [0.25, 0.3) is 0 Å². The normalized spacial score (nSPS) is 14.6. The molecule has 0 atom stereocenters. The highest BCUT2D eigenvalue weighted by Crippen LogP contribution is 2.23. The van der Waals surface area contributed by atoms with Gasteiger partial charge in [0.15, 0.2) is 0 Å². The van der Waals surface area contributed by atoms with Crippen LogP contribution in [0.3, 0.4) is 0 Å². The Kier molecular flexibility index (Phi) is 4.63. The summed E-state index contributed by atoms with van der Waals surface area (Å²) in [5, 5.41) is 9.14. The molecule has 2 aromatic rings. The molecule has 0 aliphatic carbocycles. The Morgan fingerprint density at radius 2 is 1.83 bits per heavy atom. The number of aliphatic imine (C=N–C) groups is 1. The van der Waals surface area contributed by atoms with Crippen molar-refractivity contribution >= 4 is 35.2 Å². The van der Waals surface area contributed by atoms with E-state index in [9.17, 15) is 4.79 Å². The van der Waals surface area contributed by atoms with Gasteiger partial charge in [0.25, 0.3) is 0 Å². The lowest BCUT2D eigenvalue weighted by molar-refractivity contribution is 0.0697. The maximum absolute atomic E-state index is 10.9. The summed E-state index contributed by atoms with van der Waals surface area (Å²) in [6.07, 6.45) is 4.27. The number of carboxylic acid groups (broad SMARTS) is 1. The van der Waals surface area contributed by atoms with Crippen molar-refractivity contribution in [3.8, 4) is 0 Å². The Balaban J connectivity index is 1.72. The molecule has 0 unspecified atom stereocenters. The number of aromatic carboxylic acids is 1. The number of carboxylic acids is 1. The third kappa shape index (κ3) is 3.71. The Hall–Kier alpha value is -2.33. The summed E-state index contributed by atoms with van der Waals surface area (Å²) >= 11 is 5.94. The second-order valence-corrected chi connectivity index (χ2v) is 5.92. The molecule has 23 heavy (non-hydrogen) atoms. The van der Waals surface area contributed by atoms with Crippen molar-refractivity contribution in [2.45, 2.75) is 12.8 Å². The van der Waals surface area contributed by atoms with Crippen LogP contribution in [0, 0.1) is 0 Å². The van der Waals surface area contributed by atoms with Gasteiger partial charge in [-0.1, -0.05) is 23.7 Å². The predicted octanol–water partition coefficient (Wildman–Crippen LogP) is 4.39. The zero-order valence-electron chi connectivity index (χ0n) is 12.6. The zero-order valence-corrected chi connectivity index (χ0v) is 13.3. The second kappa shape index (κ2) is 6.84. The summed E-state index contributed by atoms with van der Waals surface area (Å²) < 4.78 is 0. The van der Waals surface area contributed by atoms with Crippen molar-refractivity contribution in [1.82, 2.24) is 0 Å². The van der Waals surface area contributed by atoms with Gasteiger partial charge in [-0.2, -0.15) is 0 Å². The molecule has 0 saturated carbocycles. The van der Waals surface area contributed by atoms with Crippen molar-refractivity contribution in [3.05, 3.63) is 58.6 Å². The summed E-state index contributed by atoms with van der Waals surface area (Å²) in [5.74, 6) is -1.04. The van der Waals surface area contributed by atoms with Crippen molar-refractivity contribution in [2.24, 2.45) is 4.99 Å². The van der Waals surface area contributed by atoms with Gasteiger partial charge < -0.3 is 10.0 Å². The Bertz CT molecular complexity index is 735. The quantitative estimate of drug-likeness (QED) is 0.847. The first kappa shape index (κ1) is 15.6. The molecule has 0 bridgehead atoms. The van der Waals surface area contributed by atoms with Crippen LogP contribution in [0.1, 0.15) is 28.8 Å². The maximum Gasteiger partial charge on any atom is 0.337 e. The molecule has 4 nitrogen and oxygen atoms in total. The van der Waals surface area contributed by atoms with E-state index in [1.54, 1.807) is 18.3 Å². The number of hydrogen-bond acceptors (Lipinski definition) is 3. The average Bonchev–Trinajstić information content (AvgIpc) is 3.07. The maximum atomic E-state index is 10.9. The molecular weight excluding hydrogens is 312 g/mol. The molecule has 0 aromatic heterocycles. The van der Waals surface area contributed by atoms with Gasteiger partial charge in [0, 0.05) is 25.0 Å². The summed E-state index contributed by atoms with van der Waals surface area (Å²) in [6.45, 7) is 2.25. The van der Waals surface area contributed by atoms with E-state index in [-0.39, 0.29) is 10.6 Å². The number of rotatable bonds is 4. The molecule has 1 aliphatic rings. The highest BCUT2D eigenvalue weighted by molar-refractivity contribution is 6.33. The van der Waals surface area contributed by atoms with Crippen LogP contribution in [-0.2, 0) is 0 Å². The van der Waals surface area contributed by atoms with Crippen LogP contribution >= 0.6 is 11.6 Å². The van der Waals surface area contributed by atoms with E-state index in [1.807, 2.05) is 12.1 Å². The van der Waals surface area contributed by atoms with E-state index < -0.39 is 5.97 Å².